The zero-order chi connectivity index (χ0) is 18.5. The first-order valence-corrected chi connectivity index (χ1v) is 8.03. The molecule has 2 aromatic carbocycles. The van der Waals surface area contributed by atoms with Gasteiger partial charge in [-0.3, -0.25) is 0 Å². The van der Waals surface area contributed by atoms with Gasteiger partial charge in [0.2, 0.25) is 12.7 Å². The standard InChI is InChI=1S/C18H15ClN2O5/c19-13-6-7-14(17(22)23)15(8-13)21(16-10-25-11-26-16)18(24)20-9-12-4-2-1-3-5-12/h1-8,10H,9,11H2,(H,20,24)(H,22,23). The second kappa shape index (κ2) is 7.79. The number of carboxylic acid groups (broad SMARTS) is 1. The van der Waals surface area contributed by atoms with Crippen molar-refractivity contribution in [1.29, 1.82) is 0 Å². The maximum atomic E-state index is 12.8. The molecule has 0 unspecified atom stereocenters. The summed E-state index contributed by atoms with van der Waals surface area (Å²) in [6.07, 6.45) is 1.24. The summed E-state index contributed by atoms with van der Waals surface area (Å²) >= 11 is 6.01. The van der Waals surface area contributed by atoms with Crippen LogP contribution in [0.3, 0.4) is 0 Å². The topological polar surface area (TPSA) is 88.1 Å². The van der Waals surface area contributed by atoms with Crippen molar-refractivity contribution < 1.29 is 24.2 Å². The summed E-state index contributed by atoms with van der Waals surface area (Å²) in [5.74, 6) is -1.13. The van der Waals surface area contributed by atoms with Crippen LogP contribution in [0, 0.1) is 0 Å². The Hall–Kier alpha value is -3.19. The molecule has 2 aromatic rings. The molecule has 0 fully saturated rings. The van der Waals surface area contributed by atoms with E-state index in [0.29, 0.717) is 0 Å². The molecule has 7 nitrogen and oxygen atoms in total. The van der Waals surface area contributed by atoms with Gasteiger partial charge in [0.05, 0.1) is 11.3 Å². The highest BCUT2D eigenvalue weighted by Gasteiger charge is 2.28. The van der Waals surface area contributed by atoms with E-state index in [2.05, 4.69) is 5.32 Å². The number of ether oxygens (including phenoxy) is 2. The van der Waals surface area contributed by atoms with Crippen LogP contribution in [-0.4, -0.2) is 23.9 Å². The first kappa shape index (κ1) is 17.6. The molecule has 3 rings (SSSR count). The molecule has 134 valence electrons. The third kappa shape index (κ3) is 3.89. The molecule has 0 saturated carbocycles. The molecule has 0 bridgehead atoms. The summed E-state index contributed by atoms with van der Waals surface area (Å²) in [5, 5.41) is 12.5. The zero-order valence-electron chi connectivity index (χ0n) is 13.5. The molecule has 0 aromatic heterocycles. The van der Waals surface area contributed by atoms with Crippen LogP contribution in [0.4, 0.5) is 10.5 Å². The number of anilines is 1. The van der Waals surface area contributed by atoms with E-state index < -0.39 is 12.0 Å². The number of carbonyl (C=O) groups is 2. The molecular weight excluding hydrogens is 360 g/mol. The van der Waals surface area contributed by atoms with Crippen molar-refractivity contribution in [2.24, 2.45) is 0 Å². The number of nitrogens with zero attached hydrogens (tertiary/aromatic N) is 1. The van der Waals surface area contributed by atoms with E-state index in [1.165, 1.54) is 24.5 Å². The Morgan fingerprint density at radius 2 is 1.96 bits per heavy atom. The number of hydrogen-bond donors (Lipinski definition) is 2. The third-order valence-corrected chi connectivity index (χ3v) is 3.84. The van der Waals surface area contributed by atoms with Gasteiger partial charge in [-0.2, -0.15) is 0 Å². The van der Waals surface area contributed by atoms with Crippen molar-refractivity contribution in [2.45, 2.75) is 6.54 Å². The molecule has 0 saturated heterocycles. The van der Waals surface area contributed by atoms with Gasteiger partial charge in [-0.15, -0.1) is 0 Å². The number of rotatable bonds is 5. The minimum absolute atomic E-state index is 0.0687. The van der Waals surface area contributed by atoms with Gasteiger partial charge in [-0.25, -0.2) is 14.5 Å². The fourth-order valence-corrected chi connectivity index (χ4v) is 2.57. The number of nitrogens with one attached hydrogen (secondary N) is 1. The number of carbonyl (C=O) groups excluding carboxylic acids is 1. The van der Waals surface area contributed by atoms with Crippen LogP contribution in [0.25, 0.3) is 0 Å². The van der Waals surface area contributed by atoms with Gasteiger partial charge in [0.25, 0.3) is 0 Å². The molecule has 8 heteroatoms. The highest BCUT2D eigenvalue weighted by molar-refractivity contribution is 6.31. The minimum atomic E-state index is -1.20. The van der Waals surface area contributed by atoms with Crippen molar-refractivity contribution in [3.63, 3.8) is 0 Å². The maximum absolute atomic E-state index is 12.8. The number of halogens is 1. The van der Waals surface area contributed by atoms with Crippen LogP contribution in [0.1, 0.15) is 15.9 Å². The van der Waals surface area contributed by atoms with E-state index in [1.54, 1.807) is 0 Å². The van der Waals surface area contributed by atoms with Gasteiger partial charge < -0.3 is 19.9 Å². The Labute approximate surface area is 154 Å². The second-order valence-corrected chi connectivity index (χ2v) is 5.77. The molecule has 0 atom stereocenters. The number of hydrogen-bond acceptors (Lipinski definition) is 4. The van der Waals surface area contributed by atoms with Gasteiger partial charge in [0.15, 0.2) is 0 Å². The maximum Gasteiger partial charge on any atom is 0.337 e. The molecule has 2 N–H and O–H groups in total. The SMILES string of the molecule is O=C(O)c1ccc(Cl)cc1N(C(=O)NCc1ccccc1)C1=COCO1. The molecule has 1 heterocycles. The summed E-state index contributed by atoms with van der Waals surface area (Å²) in [6, 6.07) is 12.9. The Morgan fingerprint density at radius 1 is 1.19 bits per heavy atom. The Bertz CT molecular complexity index is 854. The Morgan fingerprint density at radius 3 is 2.62 bits per heavy atom. The molecule has 0 spiro atoms. The number of benzene rings is 2. The van der Waals surface area contributed by atoms with Gasteiger partial charge in [0.1, 0.15) is 6.26 Å². The molecule has 1 aliphatic rings. The number of aromatic carboxylic acids is 1. The van der Waals surface area contributed by atoms with Crippen LogP contribution in [0.5, 0.6) is 0 Å². The van der Waals surface area contributed by atoms with Gasteiger partial charge in [0, 0.05) is 11.6 Å². The lowest BCUT2D eigenvalue weighted by Crippen LogP contribution is -2.40. The Balaban J connectivity index is 1.92. The summed E-state index contributed by atoms with van der Waals surface area (Å²) in [6.45, 7) is 0.189. The van der Waals surface area contributed by atoms with Gasteiger partial charge >= 0.3 is 12.0 Å². The average molecular weight is 375 g/mol. The second-order valence-electron chi connectivity index (χ2n) is 5.33. The quantitative estimate of drug-likeness (QED) is 0.835. The van der Waals surface area contributed by atoms with Crippen LogP contribution in [-0.2, 0) is 16.0 Å². The predicted octanol–water partition coefficient (Wildman–Crippen LogP) is 3.56. The zero-order valence-corrected chi connectivity index (χ0v) is 14.3. The summed E-state index contributed by atoms with van der Waals surface area (Å²) in [4.78, 5) is 25.4. The first-order chi connectivity index (χ1) is 12.6. The lowest BCUT2D eigenvalue weighted by Gasteiger charge is -2.24. The summed E-state index contributed by atoms with van der Waals surface area (Å²) in [5.41, 5.74) is 0.871. The molecule has 0 aliphatic carbocycles. The third-order valence-electron chi connectivity index (χ3n) is 3.60. The molecule has 26 heavy (non-hydrogen) atoms. The fraction of sp³-hybridized carbons (Fsp3) is 0.111. The average Bonchev–Trinajstić information content (AvgIpc) is 3.15. The van der Waals surface area contributed by atoms with E-state index in [9.17, 15) is 14.7 Å². The molecule has 2 amide bonds. The van der Waals surface area contributed by atoms with Crippen molar-refractivity contribution >= 4 is 29.3 Å². The van der Waals surface area contributed by atoms with Crippen molar-refractivity contribution in [2.75, 3.05) is 11.7 Å². The van der Waals surface area contributed by atoms with E-state index >= 15 is 0 Å². The highest BCUT2D eigenvalue weighted by atomic mass is 35.5. The van der Waals surface area contributed by atoms with Gasteiger partial charge in [-0.1, -0.05) is 41.9 Å². The smallest absolute Gasteiger partial charge is 0.337 e. The molecule has 1 aliphatic heterocycles. The van der Waals surface area contributed by atoms with E-state index in [0.717, 1.165) is 10.5 Å². The number of urea groups is 1. The lowest BCUT2D eigenvalue weighted by atomic mass is 10.1. The van der Waals surface area contributed by atoms with Crippen molar-refractivity contribution in [1.82, 2.24) is 5.32 Å². The molecular formula is C18H15ClN2O5. The van der Waals surface area contributed by atoms with Crippen molar-refractivity contribution in [3.8, 4) is 0 Å². The highest BCUT2D eigenvalue weighted by Crippen LogP contribution is 2.30. The normalized spacial score (nSPS) is 12.6. The van der Waals surface area contributed by atoms with E-state index in [4.69, 9.17) is 21.1 Å². The van der Waals surface area contributed by atoms with Crippen LogP contribution < -0.4 is 10.2 Å². The number of carboxylic acids is 1. The van der Waals surface area contributed by atoms with Crippen LogP contribution in [0.2, 0.25) is 5.02 Å². The van der Waals surface area contributed by atoms with Gasteiger partial charge in [-0.05, 0) is 23.8 Å². The minimum Gasteiger partial charge on any atom is -0.478 e. The van der Waals surface area contributed by atoms with E-state index in [1.807, 2.05) is 30.3 Å². The lowest BCUT2D eigenvalue weighted by molar-refractivity contribution is 0.0697. The fourth-order valence-electron chi connectivity index (χ4n) is 2.40. The largest absolute Gasteiger partial charge is 0.478 e. The summed E-state index contributed by atoms with van der Waals surface area (Å²) < 4.78 is 10.3. The monoisotopic (exact) mass is 374 g/mol. The Kier molecular flexibility index (Phi) is 5.28. The van der Waals surface area contributed by atoms with Crippen molar-refractivity contribution in [3.05, 3.63) is 76.8 Å². The number of amides is 2. The summed E-state index contributed by atoms with van der Waals surface area (Å²) in [7, 11) is 0. The van der Waals surface area contributed by atoms with Crippen LogP contribution in [0.15, 0.2) is 60.7 Å². The first-order valence-electron chi connectivity index (χ1n) is 7.65. The predicted molar refractivity (Wildman–Crippen MR) is 94.7 cm³/mol. The van der Waals surface area contributed by atoms with E-state index in [-0.39, 0.29) is 35.5 Å². The van der Waals surface area contributed by atoms with Crippen LogP contribution >= 0.6 is 11.6 Å². The molecule has 0 radical (unpaired) electrons.